The number of sulfonamides is 1. The van der Waals surface area contributed by atoms with Crippen molar-refractivity contribution >= 4 is 15.8 Å². The van der Waals surface area contributed by atoms with Gasteiger partial charge in [0.15, 0.2) is 5.82 Å². The number of aromatic nitrogens is 1. The Morgan fingerprint density at radius 3 is 2.68 bits per heavy atom. The molecule has 0 spiro atoms. The Labute approximate surface area is 115 Å². The minimum atomic E-state index is -3.57. The van der Waals surface area contributed by atoms with Gasteiger partial charge in [-0.15, -0.1) is 0 Å². The second-order valence-corrected chi connectivity index (χ2v) is 6.37. The number of nitrogen functional groups attached to an aromatic ring is 1. The van der Waals surface area contributed by atoms with Gasteiger partial charge in [-0.05, 0) is 18.1 Å². The van der Waals surface area contributed by atoms with Crippen molar-refractivity contribution in [1.29, 1.82) is 0 Å². The van der Waals surface area contributed by atoms with E-state index < -0.39 is 10.0 Å². The normalized spacial score (nSPS) is 13.5. The third-order valence-electron chi connectivity index (χ3n) is 3.09. The van der Waals surface area contributed by atoms with Crippen molar-refractivity contribution in [3.05, 3.63) is 18.3 Å². The van der Waals surface area contributed by atoms with Crippen LogP contribution in [-0.4, -0.2) is 30.8 Å². The Morgan fingerprint density at radius 1 is 1.47 bits per heavy atom. The van der Waals surface area contributed by atoms with E-state index in [4.69, 9.17) is 5.84 Å². The van der Waals surface area contributed by atoms with Crippen LogP contribution in [0.25, 0.3) is 0 Å². The zero-order chi connectivity index (χ0) is 14.5. The van der Waals surface area contributed by atoms with Gasteiger partial charge in [0.2, 0.25) is 10.0 Å². The van der Waals surface area contributed by atoms with Gasteiger partial charge in [-0.3, -0.25) is 0 Å². The van der Waals surface area contributed by atoms with Crippen molar-refractivity contribution in [3.63, 3.8) is 0 Å². The SMILES string of the molecule is CCC(C)CN(CC)S(=O)(=O)c1cccnc1NN. The van der Waals surface area contributed by atoms with Gasteiger partial charge in [0.1, 0.15) is 4.90 Å². The van der Waals surface area contributed by atoms with Crippen molar-refractivity contribution in [3.8, 4) is 0 Å². The number of nitrogens with zero attached hydrogens (tertiary/aromatic N) is 2. The molecule has 0 aliphatic rings. The number of pyridine rings is 1. The van der Waals surface area contributed by atoms with Crippen LogP contribution in [0.4, 0.5) is 5.82 Å². The number of rotatable bonds is 7. The first-order valence-electron chi connectivity index (χ1n) is 6.39. The van der Waals surface area contributed by atoms with Gasteiger partial charge in [0, 0.05) is 19.3 Å². The Morgan fingerprint density at radius 2 is 2.16 bits per heavy atom. The van der Waals surface area contributed by atoms with Crippen molar-refractivity contribution in [2.75, 3.05) is 18.5 Å². The highest BCUT2D eigenvalue weighted by Gasteiger charge is 2.27. The third kappa shape index (κ3) is 3.65. The molecule has 0 fully saturated rings. The molecule has 0 saturated carbocycles. The fraction of sp³-hybridized carbons (Fsp3) is 0.583. The van der Waals surface area contributed by atoms with Crippen LogP contribution in [0.3, 0.4) is 0 Å². The van der Waals surface area contributed by atoms with Crippen LogP contribution in [0, 0.1) is 5.92 Å². The predicted octanol–water partition coefficient (Wildman–Crippen LogP) is 1.42. The summed E-state index contributed by atoms with van der Waals surface area (Å²) in [5.41, 5.74) is 2.33. The van der Waals surface area contributed by atoms with Crippen molar-refractivity contribution in [2.45, 2.75) is 32.1 Å². The van der Waals surface area contributed by atoms with E-state index in [1.54, 1.807) is 6.07 Å². The van der Waals surface area contributed by atoms with E-state index in [9.17, 15) is 8.42 Å². The Kier molecular flexibility index (Phi) is 5.71. The molecule has 0 aliphatic carbocycles. The standard InChI is InChI=1S/C12H22N4O2S/c1-4-10(3)9-16(5-2)19(17,18)11-7-6-8-14-12(11)15-13/h6-8,10H,4-5,9,13H2,1-3H3,(H,14,15). The summed E-state index contributed by atoms with van der Waals surface area (Å²) in [6.07, 6.45) is 2.43. The first-order chi connectivity index (χ1) is 8.97. The molecule has 19 heavy (non-hydrogen) atoms. The van der Waals surface area contributed by atoms with E-state index in [2.05, 4.69) is 10.4 Å². The average molecular weight is 286 g/mol. The van der Waals surface area contributed by atoms with Crippen LogP contribution in [0.2, 0.25) is 0 Å². The molecule has 1 unspecified atom stereocenters. The van der Waals surface area contributed by atoms with E-state index in [0.717, 1.165) is 6.42 Å². The number of hydrazine groups is 1. The van der Waals surface area contributed by atoms with Gasteiger partial charge in [0.25, 0.3) is 0 Å². The molecule has 108 valence electrons. The van der Waals surface area contributed by atoms with E-state index in [1.807, 2.05) is 20.8 Å². The number of anilines is 1. The lowest BCUT2D eigenvalue weighted by atomic mass is 10.1. The van der Waals surface area contributed by atoms with Crippen LogP contribution < -0.4 is 11.3 Å². The Hall–Kier alpha value is -1.18. The number of hydrogen-bond donors (Lipinski definition) is 2. The summed E-state index contributed by atoms with van der Waals surface area (Å²) in [5, 5.41) is 0. The summed E-state index contributed by atoms with van der Waals surface area (Å²) in [7, 11) is -3.57. The van der Waals surface area contributed by atoms with E-state index >= 15 is 0 Å². The Bertz CT molecular complexity index is 504. The van der Waals surface area contributed by atoms with Crippen LogP contribution in [0.5, 0.6) is 0 Å². The molecule has 1 atom stereocenters. The average Bonchev–Trinajstić information content (AvgIpc) is 2.43. The van der Waals surface area contributed by atoms with Gasteiger partial charge < -0.3 is 5.43 Å². The molecule has 1 aromatic heterocycles. The lowest BCUT2D eigenvalue weighted by molar-refractivity contribution is 0.361. The van der Waals surface area contributed by atoms with Gasteiger partial charge >= 0.3 is 0 Å². The van der Waals surface area contributed by atoms with Gasteiger partial charge in [-0.2, -0.15) is 4.31 Å². The molecule has 1 heterocycles. The highest BCUT2D eigenvalue weighted by atomic mass is 32.2. The van der Waals surface area contributed by atoms with Crippen LogP contribution >= 0.6 is 0 Å². The van der Waals surface area contributed by atoms with E-state index in [1.165, 1.54) is 16.6 Å². The second-order valence-electron chi connectivity index (χ2n) is 4.46. The van der Waals surface area contributed by atoms with Crippen LogP contribution in [-0.2, 0) is 10.0 Å². The second kappa shape index (κ2) is 6.83. The molecule has 6 nitrogen and oxygen atoms in total. The summed E-state index contributed by atoms with van der Waals surface area (Å²) >= 11 is 0. The van der Waals surface area contributed by atoms with Gasteiger partial charge in [0.05, 0.1) is 0 Å². The predicted molar refractivity (Wildman–Crippen MR) is 75.9 cm³/mol. The maximum absolute atomic E-state index is 12.6. The van der Waals surface area contributed by atoms with Crippen LogP contribution in [0.15, 0.2) is 23.2 Å². The first kappa shape index (κ1) is 15.9. The summed E-state index contributed by atoms with van der Waals surface area (Å²) in [4.78, 5) is 4.05. The summed E-state index contributed by atoms with van der Waals surface area (Å²) < 4.78 is 26.6. The summed E-state index contributed by atoms with van der Waals surface area (Å²) in [6, 6.07) is 3.10. The zero-order valence-corrected chi connectivity index (χ0v) is 12.4. The topological polar surface area (TPSA) is 88.3 Å². The van der Waals surface area contributed by atoms with E-state index in [0.29, 0.717) is 19.0 Å². The molecule has 7 heteroatoms. The van der Waals surface area contributed by atoms with Crippen molar-refractivity contribution < 1.29 is 8.42 Å². The maximum atomic E-state index is 12.6. The smallest absolute Gasteiger partial charge is 0.246 e. The minimum absolute atomic E-state index is 0.114. The number of nitrogens with one attached hydrogen (secondary N) is 1. The zero-order valence-electron chi connectivity index (χ0n) is 11.6. The van der Waals surface area contributed by atoms with Gasteiger partial charge in [-0.25, -0.2) is 19.2 Å². The third-order valence-corrected chi connectivity index (χ3v) is 5.06. The lowest BCUT2D eigenvalue weighted by Gasteiger charge is -2.24. The molecule has 1 rings (SSSR count). The molecule has 0 saturated heterocycles. The highest BCUT2D eigenvalue weighted by Crippen LogP contribution is 2.22. The molecule has 0 bridgehead atoms. The Balaban J connectivity index is 3.13. The number of hydrogen-bond acceptors (Lipinski definition) is 5. The van der Waals surface area contributed by atoms with Crippen molar-refractivity contribution in [2.24, 2.45) is 11.8 Å². The summed E-state index contributed by atoms with van der Waals surface area (Å²) in [6.45, 7) is 6.82. The molecular weight excluding hydrogens is 264 g/mol. The molecule has 0 amide bonds. The quantitative estimate of drug-likeness (QED) is 0.584. The molecule has 0 aliphatic heterocycles. The first-order valence-corrected chi connectivity index (χ1v) is 7.83. The fourth-order valence-corrected chi connectivity index (χ4v) is 3.40. The van der Waals surface area contributed by atoms with Crippen molar-refractivity contribution in [1.82, 2.24) is 9.29 Å². The summed E-state index contributed by atoms with van der Waals surface area (Å²) in [5.74, 6) is 5.80. The van der Waals surface area contributed by atoms with Crippen LogP contribution in [0.1, 0.15) is 27.2 Å². The lowest BCUT2D eigenvalue weighted by Crippen LogP contribution is -2.35. The van der Waals surface area contributed by atoms with Gasteiger partial charge in [-0.1, -0.05) is 27.2 Å². The molecule has 0 aromatic carbocycles. The number of nitrogens with two attached hydrogens (primary N) is 1. The monoisotopic (exact) mass is 286 g/mol. The molecular formula is C12H22N4O2S. The largest absolute Gasteiger partial charge is 0.307 e. The molecule has 1 aromatic rings. The highest BCUT2D eigenvalue weighted by molar-refractivity contribution is 7.89. The minimum Gasteiger partial charge on any atom is -0.307 e. The molecule has 0 radical (unpaired) electrons. The maximum Gasteiger partial charge on any atom is 0.246 e. The fourth-order valence-electron chi connectivity index (χ4n) is 1.72. The van der Waals surface area contributed by atoms with E-state index in [-0.39, 0.29) is 10.7 Å². The molecule has 3 N–H and O–H groups in total.